The zero-order valence-electron chi connectivity index (χ0n) is 10.4. The fourth-order valence-electron chi connectivity index (χ4n) is 1.75. The predicted molar refractivity (Wildman–Crippen MR) is 72.5 cm³/mol. The minimum absolute atomic E-state index is 0.423. The molecule has 0 saturated heterocycles. The van der Waals surface area contributed by atoms with Crippen LogP contribution >= 0.6 is 11.3 Å². The molecule has 6 nitrogen and oxygen atoms in total. The average Bonchev–Trinajstić information content (AvgIpc) is 2.96. The molecule has 0 spiro atoms. The van der Waals surface area contributed by atoms with E-state index in [-0.39, 0.29) is 0 Å². The third-order valence-corrected chi connectivity index (χ3v) is 3.63. The highest BCUT2D eigenvalue weighted by Gasteiger charge is 2.17. The van der Waals surface area contributed by atoms with Gasteiger partial charge in [0, 0.05) is 6.20 Å². The SMILES string of the molecule is Cc1cccnc1-c1noc(-c2sc(N)nc2C)n1. The predicted octanol–water partition coefficient (Wildman–Crippen LogP) is 2.45. The summed E-state index contributed by atoms with van der Waals surface area (Å²) in [7, 11) is 0. The Hall–Kier alpha value is -2.28. The lowest BCUT2D eigenvalue weighted by Gasteiger charge is -1.96. The Morgan fingerprint density at radius 1 is 1.26 bits per heavy atom. The van der Waals surface area contributed by atoms with E-state index in [0.717, 1.165) is 16.1 Å². The second-order valence-electron chi connectivity index (χ2n) is 4.06. The van der Waals surface area contributed by atoms with Crippen LogP contribution < -0.4 is 5.73 Å². The van der Waals surface area contributed by atoms with Crippen molar-refractivity contribution < 1.29 is 4.52 Å². The van der Waals surface area contributed by atoms with Crippen LogP contribution in [0, 0.1) is 13.8 Å². The van der Waals surface area contributed by atoms with Crippen LogP contribution in [-0.2, 0) is 0 Å². The van der Waals surface area contributed by atoms with Gasteiger partial charge in [0.25, 0.3) is 5.89 Å². The van der Waals surface area contributed by atoms with Gasteiger partial charge in [0.1, 0.15) is 10.6 Å². The van der Waals surface area contributed by atoms with Gasteiger partial charge in [-0.05, 0) is 25.5 Å². The molecule has 3 aromatic rings. The van der Waals surface area contributed by atoms with Gasteiger partial charge in [-0.1, -0.05) is 22.6 Å². The van der Waals surface area contributed by atoms with E-state index in [0.29, 0.717) is 22.5 Å². The number of anilines is 1. The Morgan fingerprint density at radius 2 is 2.11 bits per heavy atom. The standard InChI is InChI=1S/C12H11N5OS/c1-6-4-3-5-14-8(6)10-16-11(18-17-10)9-7(2)15-12(13)19-9/h3-5H,1-2H3,(H2,13,15). The molecule has 19 heavy (non-hydrogen) atoms. The molecule has 3 rings (SSSR count). The van der Waals surface area contributed by atoms with Gasteiger partial charge >= 0.3 is 0 Å². The summed E-state index contributed by atoms with van der Waals surface area (Å²) in [6.07, 6.45) is 1.70. The molecule has 0 bridgehead atoms. The van der Waals surface area contributed by atoms with Crippen LogP contribution in [0.15, 0.2) is 22.9 Å². The monoisotopic (exact) mass is 273 g/mol. The summed E-state index contributed by atoms with van der Waals surface area (Å²) in [5, 5.41) is 4.45. The molecule has 96 valence electrons. The molecule has 0 aliphatic carbocycles. The Morgan fingerprint density at radius 3 is 2.79 bits per heavy atom. The number of nitrogens with two attached hydrogens (primary N) is 1. The second-order valence-corrected chi connectivity index (χ2v) is 5.09. The molecule has 3 aromatic heterocycles. The van der Waals surface area contributed by atoms with Gasteiger partial charge < -0.3 is 10.3 Å². The molecule has 0 atom stereocenters. The lowest BCUT2D eigenvalue weighted by Crippen LogP contribution is -1.89. The number of nitrogens with zero attached hydrogens (tertiary/aromatic N) is 4. The molecular weight excluding hydrogens is 262 g/mol. The third-order valence-electron chi connectivity index (χ3n) is 2.65. The molecule has 0 amide bonds. The second kappa shape index (κ2) is 4.43. The molecule has 0 aliphatic rings. The normalized spacial score (nSPS) is 10.8. The fourth-order valence-corrected chi connectivity index (χ4v) is 2.50. The van der Waals surface area contributed by atoms with Crippen molar-refractivity contribution in [2.75, 3.05) is 5.73 Å². The number of hydrogen-bond donors (Lipinski definition) is 1. The molecule has 7 heteroatoms. The molecule has 2 N–H and O–H groups in total. The molecule has 3 heterocycles. The Labute approximate surface area is 113 Å². The zero-order valence-corrected chi connectivity index (χ0v) is 11.2. The van der Waals surface area contributed by atoms with Crippen LogP contribution in [0.4, 0.5) is 5.13 Å². The average molecular weight is 273 g/mol. The van der Waals surface area contributed by atoms with Crippen LogP contribution in [0.2, 0.25) is 0 Å². The Kier molecular flexibility index (Phi) is 2.75. The van der Waals surface area contributed by atoms with Gasteiger partial charge in [-0.2, -0.15) is 4.98 Å². The van der Waals surface area contributed by atoms with Crippen LogP contribution in [0.3, 0.4) is 0 Å². The van der Waals surface area contributed by atoms with Crippen molar-refractivity contribution in [1.29, 1.82) is 0 Å². The van der Waals surface area contributed by atoms with Crippen LogP contribution in [0.1, 0.15) is 11.3 Å². The van der Waals surface area contributed by atoms with Crippen molar-refractivity contribution in [3.8, 4) is 22.3 Å². The van der Waals surface area contributed by atoms with E-state index in [4.69, 9.17) is 10.3 Å². The smallest absolute Gasteiger partial charge is 0.270 e. The molecule has 0 unspecified atom stereocenters. The van der Waals surface area contributed by atoms with Crippen LogP contribution in [0.5, 0.6) is 0 Å². The topological polar surface area (TPSA) is 90.7 Å². The minimum atomic E-state index is 0.423. The first-order valence-corrected chi connectivity index (χ1v) is 6.46. The number of nitrogen functional groups attached to an aromatic ring is 1. The summed E-state index contributed by atoms with van der Waals surface area (Å²) >= 11 is 1.33. The largest absolute Gasteiger partial charge is 0.375 e. The van der Waals surface area contributed by atoms with Gasteiger partial charge in [-0.3, -0.25) is 4.98 Å². The first-order valence-electron chi connectivity index (χ1n) is 5.64. The van der Waals surface area contributed by atoms with Crippen molar-refractivity contribution >= 4 is 16.5 Å². The number of pyridine rings is 1. The van der Waals surface area contributed by atoms with Gasteiger partial charge in [0.15, 0.2) is 5.13 Å². The summed E-state index contributed by atoms with van der Waals surface area (Å²) in [5.74, 6) is 0.895. The number of hydrogen-bond acceptors (Lipinski definition) is 7. The van der Waals surface area contributed by atoms with E-state index in [1.165, 1.54) is 11.3 Å². The van der Waals surface area contributed by atoms with Crippen LogP contribution in [0.25, 0.3) is 22.3 Å². The van der Waals surface area contributed by atoms with Crippen molar-refractivity contribution in [3.05, 3.63) is 29.6 Å². The summed E-state index contributed by atoms with van der Waals surface area (Å²) in [5.41, 5.74) is 8.16. The van der Waals surface area contributed by atoms with E-state index in [1.807, 2.05) is 26.0 Å². The third kappa shape index (κ3) is 2.08. The number of aryl methyl sites for hydroxylation is 2. The molecule has 0 radical (unpaired) electrons. The zero-order chi connectivity index (χ0) is 13.4. The van der Waals surface area contributed by atoms with Crippen molar-refractivity contribution in [3.63, 3.8) is 0 Å². The molecule has 0 aromatic carbocycles. The van der Waals surface area contributed by atoms with E-state index in [9.17, 15) is 0 Å². The lowest BCUT2D eigenvalue weighted by molar-refractivity contribution is 0.432. The summed E-state index contributed by atoms with van der Waals surface area (Å²) in [6, 6.07) is 3.82. The maximum Gasteiger partial charge on any atom is 0.270 e. The van der Waals surface area contributed by atoms with Gasteiger partial charge in [-0.25, -0.2) is 4.98 Å². The molecule has 0 fully saturated rings. The van der Waals surface area contributed by atoms with Crippen molar-refractivity contribution in [2.24, 2.45) is 0 Å². The van der Waals surface area contributed by atoms with Gasteiger partial charge in [0.05, 0.1) is 5.69 Å². The Bertz CT molecular complexity index is 733. The van der Waals surface area contributed by atoms with E-state index >= 15 is 0 Å². The van der Waals surface area contributed by atoms with E-state index in [1.54, 1.807) is 6.20 Å². The quantitative estimate of drug-likeness (QED) is 0.771. The molecular formula is C12H11N5OS. The Balaban J connectivity index is 2.05. The maximum absolute atomic E-state index is 5.66. The van der Waals surface area contributed by atoms with Crippen LogP contribution in [-0.4, -0.2) is 20.1 Å². The first kappa shape index (κ1) is 11.8. The maximum atomic E-state index is 5.66. The van der Waals surface area contributed by atoms with E-state index in [2.05, 4.69) is 20.1 Å². The highest BCUT2D eigenvalue weighted by atomic mass is 32.1. The lowest BCUT2D eigenvalue weighted by atomic mass is 10.2. The molecule has 0 saturated carbocycles. The summed E-state index contributed by atoms with van der Waals surface area (Å²) < 4.78 is 5.27. The van der Waals surface area contributed by atoms with Crippen molar-refractivity contribution in [1.82, 2.24) is 20.1 Å². The van der Waals surface area contributed by atoms with E-state index < -0.39 is 0 Å². The fraction of sp³-hybridized carbons (Fsp3) is 0.167. The summed E-state index contributed by atoms with van der Waals surface area (Å²) in [6.45, 7) is 3.81. The highest BCUT2D eigenvalue weighted by molar-refractivity contribution is 7.18. The number of rotatable bonds is 2. The highest BCUT2D eigenvalue weighted by Crippen LogP contribution is 2.31. The summed E-state index contributed by atoms with van der Waals surface area (Å²) in [4.78, 5) is 13.6. The number of thiazole rings is 1. The number of aromatic nitrogens is 4. The van der Waals surface area contributed by atoms with Gasteiger partial charge in [-0.15, -0.1) is 0 Å². The molecule has 0 aliphatic heterocycles. The van der Waals surface area contributed by atoms with Gasteiger partial charge in [0.2, 0.25) is 5.82 Å². The first-order chi connectivity index (χ1) is 9.15. The van der Waals surface area contributed by atoms with Crippen molar-refractivity contribution in [2.45, 2.75) is 13.8 Å². The minimum Gasteiger partial charge on any atom is -0.375 e.